The molecule has 0 aliphatic rings. The van der Waals surface area contributed by atoms with Gasteiger partial charge in [0.2, 0.25) is 0 Å². The second-order valence-corrected chi connectivity index (χ2v) is 4.56. The lowest BCUT2D eigenvalue weighted by Gasteiger charge is -2.03. The van der Waals surface area contributed by atoms with E-state index in [2.05, 4.69) is 15.5 Å². The number of aromatic hydroxyl groups is 2. The average molecular weight is 261 g/mol. The van der Waals surface area contributed by atoms with Crippen molar-refractivity contribution in [1.29, 1.82) is 0 Å². The van der Waals surface area contributed by atoms with Gasteiger partial charge < -0.3 is 15.5 Å². The van der Waals surface area contributed by atoms with Crippen molar-refractivity contribution in [3.8, 4) is 11.5 Å². The van der Waals surface area contributed by atoms with Crippen LogP contribution >= 0.6 is 0 Å². The predicted octanol–water partition coefficient (Wildman–Crippen LogP) is 2.20. The van der Waals surface area contributed by atoms with Gasteiger partial charge in [-0.2, -0.15) is 5.10 Å². The number of anilines is 1. The highest BCUT2D eigenvalue weighted by atomic mass is 16.3. The van der Waals surface area contributed by atoms with E-state index in [0.717, 1.165) is 11.8 Å². The SMILES string of the molecule is CC(C)c1cc(NC(=O)c2cc(O)cc(O)c2)n[nH]1. The largest absolute Gasteiger partial charge is 0.508 e. The Morgan fingerprint density at radius 2 is 1.84 bits per heavy atom. The van der Waals surface area contributed by atoms with E-state index in [1.54, 1.807) is 6.07 Å². The van der Waals surface area contributed by atoms with Crippen molar-refractivity contribution in [2.45, 2.75) is 19.8 Å². The van der Waals surface area contributed by atoms with Crippen molar-refractivity contribution in [1.82, 2.24) is 10.2 Å². The minimum Gasteiger partial charge on any atom is -0.508 e. The summed E-state index contributed by atoms with van der Waals surface area (Å²) in [4.78, 5) is 11.9. The van der Waals surface area contributed by atoms with Crippen molar-refractivity contribution in [3.05, 3.63) is 35.5 Å². The number of aromatic amines is 1. The third-order valence-electron chi connectivity index (χ3n) is 2.63. The summed E-state index contributed by atoms with van der Waals surface area (Å²) in [7, 11) is 0. The molecule has 0 aliphatic heterocycles. The molecule has 19 heavy (non-hydrogen) atoms. The Bertz CT molecular complexity index is 585. The van der Waals surface area contributed by atoms with Gasteiger partial charge in [-0.15, -0.1) is 0 Å². The molecule has 2 aromatic rings. The highest BCUT2D eigenvalue weighted by Gasteiger charge is 2.11. The van der Waals surface area contributed by atoms with Crippen LogP contribution in [0.3, 0.4) is 0 Å². The maximum absolute atomic E-state index is 11.9. The maximum atomic E-state index is 11.9. The van der Waals surface area contributed by atoms with Gasteiger partial charge in [0.1, 0.15) is 11.5 Å². The summed E-state index contributed by atoms with van der Waals surface area (Å²) in [5.41, 5.74) is 1.07. The van der Waals surface area contributed by atoms with Gasteiger partial charge >= 0.3 is 0 Å². The highest BCUT2D eigenvalue weighted by molar-refractivity contribution is 6.04. The van der Waals surface area contributed by atoms with Crippen LogP contribution in [0.25, 0.3) is 0 Å². The third-order valence-corrected chi connectivity index (χ3v) is 2.63. The molecule has 0 radical (unpaired) electrons. The Balaban J connectivity index is 2.15. The monoisotopic (exact) mass is 261 g/mol. The third kappa shape index (κ3) is 3.04. The Morgan fingerprint density at radius 3 is 2.37 bits per heavy atom. The Labute approximate surface area is 110 Å². The number of hydrogen-bond donors (Lipinski definition) is 4. The summed E-state index contributed by atoms with van der Waals surface area (Å²) in [6.07, 6.45) is 0. The molecule has 100 valence electrons. The molecule has 0 atom stereocenters. The van der Waals surface area contributed by atoms with Crippen molar-refractivity contribution >= 4 is 11.7 Å². The molecule has 0 spiro atoms. The molecule has 4 N–H and O–H groups in total. The first-order valence-corrected chi connectivity index (χ1v) is 5.85. The van der Waals surface area contributed by atoms with Gasteiger partial charge in [0, 0.05) is 23.4 Å². The molecule has 1 heterocycles. The van der Waals surface area contributed by atoms with Crippen molar-refractivity contribution in [2.24, 2.45) is 0 Å². The number of rotatable bonds is 3. The molecular weight excluding hydrogens is 246 g/mol. The molecule has 0 saturated heterocycles. The molecule has 1 aromatic heterocycles. The number of nitrogens with zero attached hydrogens (tertiary/aromatic N) is 1. The lowest BCUT2D eigenvalue weighted by Crippen LogP contribution is -2.11. The summed E-state index contributed by atoms with van der Waals surface area (Å²) in [5, 5.41) is 28.0. The van der Waals surface area contributed by atoms with Crippen LogP contribution in [0.15, 0.2) is 24.3 Å². The van der Waals surface area contributed by atoms with E-state index in [1.165, 1.54) is 12.1 Å². The number of carbonyl (C=O) groups excluding carboxylic acids is 1. The van der Waals surface area contributed by atoms with E-state index in [0.29, 0.717) is 5.82 Å². The van der Waals surface area contributed by atoms with E-state index in [9.17, 15) is 15.0 Å². The summed E-state index contributed by atoms with van der Waals surface area (Å²) in [5.74, 6) is -0.113. The van der Waals surface area contributed by atoms with Crippen molar-refractivity contribution in [3.63, 3.8) is 0 Å². The van der Waals surface area contributed by atoms with Crippen molar-refractivity contribution in [2.75, 3.05) is 5.32 Å². The Hall–Kier alpha value is -2.50. The second kappa shape index (κ2) is 5.01. The summed E-state index contributed by atoms with van der Waals surface area (Å²) in [6, 6.07) is 5.43. The molecule has 6 heteroatoms. The molecular formula is C13H15N3O3. The molecule has 2 rings (SSSR count). The van der Waals surface area contributed by atoms with Gasteiger partial charge in [-0.25, -0.2) is 0 Å². The first kappa shape index (κ1) is 12.9. The number of hydrogen-bond acceptors (Lipinski definition) is 4. The van der Waals surface area contributed by atoms with E-state index in [4.69, 9.17) is 0 Å². The number of amides is 1. The zero-order chi connectivity index (χ0) is 14.0. The fourth-order valence-electron chi connectivity index (χ4n) is 1.61. The number of nitrogens with one attached hydrogen (secondary N) is 2. The fourth-order valence-corrected chi connectivity index (χ4v) is 1.61. The van der Waals surface area contributed by atoms with E-state index in [1.807, 2.05) is 13.8 Å². The molecule has 0 bridgehead atoms. The topological polar surface area (TPSA) is 98.2 Å². The van der Waals surface area contributed by atoms with Crippen LogP contribution < -0.4 is 5.32 Å². The Morgan fingerprint density at radius 1 is 1.21 bits per heavy atom. The lowest BCUT2D eigenvalue weighted by molar-refractivity contribution is 0.102. The summed E-state index contributed by atoms with van der Waals surface area (Å²) in [6.45, 7) is 4.01. The first-order chi connectivity index (χ1) is 8.95. The standard InChI is InChI=1S/C13H15N3O3/c1-7(2)11-6-12(16-15-11)14-13(19)8-3-9(17)5-10(18)4-8/h3-7,17-18H,1-2H3,(H2,14,15,16,19). The van der Waals surface area contributed by atoms with Crippen LogP contribution in [-0.4, -0.2) is 26.3 Å². The van der Waals surface area contributed by atoms with Gasteiger partial charge in [-0.1, -0.05) is 13.8 Å². The number of benzene rings is 1. The molecule has 1 amide bonds. The minimum atomic E-state index is -0.451. The number of H-pyrrole nitrogens is 1. The normalized spacial score (nSPS) is 10.7. The maximum Gasteiger partial charge on any atom is 0.257 e. The molecule has 0 unspecified atom stereocenters. The lowest BCUT2D eigenvalue weighted by atomic mass is 10.1. The molecule has 0 fully saturated rings. The average Bonchev–Trinajstić information content (AvgIpc) is 2.76. The smallest absolute Gasteiger partial charge is 0.257 e. The first-order valence-electron chi connectivity index (χ1n) is 5.85. The fraction of sp³-hybridized carbons (Fsp3) is 0.231. The van der Waals surface area contributed by atoms with Gasteiger partial charge in [0.05, 0.1) is 0 Å². The summed E-state index contributed by atoms with van der Waals surface area (Å²) >= 11 is 0. The van der Waals surface area contributed by atoms with Gasteiger partial charge in [-0.05, 0) is 18.1 Å². The number of phenols is 2. The molecule has 6 nitrogen and oxygen atoms in total. The van der Waals surface area contributed by atoms with Crippen LogP contribution in [-0.2, 0) is 0 Å². The predicted molar refractivity (Wildman–Crippen MR) is 70.4 cm³/mol. The minimum absolute atomic E-state index is 0.159. The van der Waals surface area contributed by atoms with Crippen molar-refractivity contribution < 1.29 is 15.0 Å². The van der Waals surface area contributed by atoms with Gasteiger partial charge in [-0.3, -0.25) is 9.89 Å². The summed E-state index contributed by atoms with van der Waals surface area (Å²) < 4.78 is 0. The van der Waals surface area contributed by atoms with Crippen LogP contribution in [0.1, 0.15) is 35.8 Å². The molecule has 1 aromatic carbocycles. The number of aromatic nitrogens is 2. The zero-order valence-electron chi connectivity index (χ0n) is 10.6. The van der Waals surface area contributed by atoms with Crippen LogP contribution in [0.2, 0.25) is 0 Å². The van der Waals surface area contributed by atoms with E-state index >= 15 is 0 Å². The Kier molecular flexibility index (Phi) is 3.41. The van der Waals surface area contributed by atoms with Crippen LogP contribution in [0.5, 0.6) is 11.5 Å². The number of phenolic OH excluding ortho intramolecular Hbond substituents is 2. The zero-order valence-corrected chi connectivity index (χ0v) is 10.6. The van der Waals surface area contributed by atoms with E-state index < -0.39 is 5.91 Å². The van der Waals surface area contributed by atoms with Crippen LogP contribution in [0, 0.1) is 0 Å². The molecule has 0 aliphatic carbocycles. The molecule has 0 saturated carbocycles. The van der Waals surface area contributed by atoms with E-state index in [-0.39, 0.29) is 23.0 Å². The number of carbonyl (C=O) groups is 1. The van der Waals surface area contributed by atoms with Gasteiger partial charge in [0.15, 0.2) is 5.82 Å². The van der Waals surface area contributed by atoms with Gasteiger partial charge in [0.25, 0.3) is 5.91 Å². The van der Waals surface area contributed by atoms with Crippen LogP contribution in [0.4, 0.5) is 5.82 Å². The second-order valence-electron chi connectivity index (χ2n) is 4.56. The quantitative estimate of drug-likeness (QED) is 0.680. The highest BCUT2D eigenvalue weighted by Crippen LogP contribution is 2.21.